The third kappa shape index (κ3) is 2.22. The maximum absolute atomic E-state index is 10.9. The van der Waals surface area contributed by atoms with Crippen molar-refractivity contribution in [1.29, 1.82) is 0 Å². The Morgan fingerprint density at radius 3 is 2.44 bits per heavy atom. The minimum Gasteiger partial charge on any atom is -0.475 e. The van der Waals surface area contributed by atoms with Crippen molar-refractivity contribution in [3.05, 3.63) is 46.9 Å². The molecule has 0 aliphatic rings. The zero-order chi connectivity index (χ0) is 13.3. The average Bonchev–Trinajstić information content (AvgIpc) is 2.33. The Bertz CT molecular complexity index is 621. The van der Waals surface area contributed by atoms with Crippen molar-refractivity contribution in [2.24, 2.45) is 0 Å². The molecule has 0 spiro atoms. The normalized spacial score (nSPS) is 10.4. The molecule has 2 rings (SSSR count). The Kier molecular flexibility index (Phi) is 3.10. The summed E-state index contributed by atoms with van der Waals surface area (Å²) in [6.07, 6.45) is 1.54. The van der Waals surface area contributed by atoms with Gasteiger partial charge in [0, 0.05) is 11.8 Å². The molecule has 2 aromatic rings. The van der Waals surface area contributed by atoms with Crippen molar-refractivity contribution < 1.29 is 9.90 Å². The van der Waals surface area contributed by atoms with Gasteiger partial charge in [-0.05, 0) is 43.5 Å². The van der Waals surface area contributed by atoms with Crippen LogP contribution in [0.3, 0.4) is 0 Å². The summed E-state index contributed by atoms with van der Waals surface area (Å²) in [7, 11) is 0. The molecule has 0 amide bonds. The first-order chi connectivity index (χ1) is 8.49. The smallest absolute Gasteiger partial charge is 0.373 e. The lowest BCUT2D eigenvalue weighted by Crippen LogP contribution is -2.05. The van der Waals surface area contributed by atoms with E-state index in [9.17, 15) is 4.79 Å². The monoisotopic (exact) mass is 242 g/mol. The molecule has 0 radical (unpaired) electrons. The summed E-state index contributed by atoms with van der Waals surface area (Å²) >= 11 is 0. The molecule has 0 unspecified atom stereocenters. The number of hydrogen-bond acceptors (Lipinski definition) is 3. The van der Waals surface area contributed by atoms with Gasteiger partial charge in [0.05, 0.1) is 5.69 Å². The Balaban J connectivity index is 2.58. The predicted octanol–water partition coefficient (Wildman–Crippen LogP) is 2.77. The fourth-order valence-electron chi connectivity index (χ4n) is 1.73. The van der Waals surface area contributed by atoms with E-state index in [4.69, 9.17) is 5.11 Å². The van der Waals surface area contributed by atoms with Gasteiger partial charge in [-0.15, -0.1) is 0 Å². The number of carbonyl (C=O) groups is 1. The molecule has 1 N–H and O–H groups in total. The number of aromatic carboxylic acids is 1. The van der Waals surface area contributed by atoms with Crippen LogP contribution in [-0.4, -0.2) is 21.0 Å². The van der Waals surface area contributed by atoms with Crippen LogP contribution in [0.2, 0.25) is 0 Å². The van der Waals surface area contributed by atoms with E-state index in [0.29, 0.717) is 5.69 Å². The Morgan fingerprint density at radius 1 is 1.11 bits per heavy atom. The molecular weight excluding hydrogens is 228 g/mol. The molecule has 4 nitrogen and oxygen atoms in total. The van der Waals surface area contributed by atoms with Gasteiger partial charge in [0.1, 0.15) is 0 Å². The second kappa shape index (κ2) is 4.56. The molecule has 4 heteroatoms. The number of aromatic nitrogens is 2. The minimum atomic E-state index is -1.11. The van der Waals surface area contributed by atoms with Gasteiger partial charge < -0.3 is 5.11 Å². The second-order valence-electron chi connectivity index (χ2n) is 4.33. The van der Waals surface area contributed by atoms with E-state index < -0.39 is 5.97 Å². The molecule has 18 heavy (non-hydrogen) atoms. The summed E-state index contributed by atoms with van der Waals surface area (Å²) in [6, 6.07) is 5.96. The molecule has 0 fully saturated rings. The van der Waals surface area contributed by atoms with Crippen molar-refractivity contribution in [1.82, 2.24) is 9.97 Å². The lowest BCUT2D eigenvalue weighted by Gasteiger charge is -2.08. The molecular formula is C14H14N2O2. The SMILES string of the molecule is Cc1ccc(-c2nc(C(=O)O)ncc2C)cc1C. The van der Waals surface area contributed by atoms with Crippen LogP contribution in [0.1, 0.15) is 27.3 Å². The highest BCUT2D eigenvalue weighted by molar-refractivity contribution is 5.84. The number of hydrogen-bond donors (Lipinski definition) is 1. The molecule has 0 atom stereocenters. The quantitative estimate of drug-likeness (QED) is 0.879. The maximum Gasteiger partial charge on any atom is 0.373 e. The first-order valence-corrected chi connectivity index (χ1v) is 5.63. The topological polar surface area (TPSA) is 63.1 Å². The van der Waals surface area contributed by atoms with Crippen LogP contribution < -0.4 is 0 Å². The van der Waals surface area contributed by atoms with Gasteiger partial charge in [-0.2, -0.15) is 0 Å². The zero-order valence-corrected chi connectivity index (χ0v) is 10.6. The molecule has 0 saturated carbocycles. The van der Waals surface area contributed by atoms with Crippen molar-refractivity contribution in [2.75, 3.05) is 0 Å². The van der Waals surface area contributed by atoms with Crippen LogP contribution in [0.15, 0.2) is 24.4 Å². The third-order valence-electron chi connectivity index (χ3n) is 2.94. The molecule has 0 aliphatic heterocycles. The fourth-order valence-corrected chi connectivity index (χ4v) is 1.73. The number of benzene rings is 1. The maximum atomic E-state index is 10.9. The summed E-state index contributed by atoms with van der Waals surface area (Å²) in [6.45, 7) is 5.93. The molecule has 1 heterocycles. The van der Waals surface area contributed by atoms with Crippen molar-refractivity contribution in [2.45, 2.75) is 20.8 Å². The highest BCUT2D eigenvalue weighted by atomic mass is 16.4. The predicted molar refractivity (Wildman–Crippen MR) is 68.6 cm³/mol. The summed E-state index contributed by atoms with van der Waals surface area (Å²) in [5, 5.41) is 8.92. The number of aryl methyl sites for hydroxylation is 3. The van der Waals surface area contributed by atoms with Crippen molar-refractivity contribution >= 4 is 5.97 Å². The minimum absolute atomic E-state index is 0.172. The Labute approximate surface area is 105 Å². The molecule has 0 aliphatic carbocycles. The van der Waals surface area contributed by atoms with Crippen LogP contribution >= 0.6 is 0 Å². The van der Waals surface area contributed by atoms with Crippen LogP contribution in [0, 0.1) is 20.8 Å². The number of carboxylic acids is 1. The Morgan fingerprint density at radius 2 is 1.83 bits per heavy atom. The van der Waals surface area contributed by atoms with Crippen LogP contribution in [0.25, 0.3) is 11.3 Å². The lowest BCUT2D eigenvalue weighted by atomic mass is 10.0. The molecule has 1 aromatic heterocycles. The van der Waals surface area contributed by atoms with E-state index >= 15 is 0 Å². The number of rotatable bonds is 2. The third-order valence-corrected chi connectivity index (χ3v) is 2.94. The van der Waals surface area contributed by atoms with Gasteiger partial charge in [0.15, 0.2) is 0 Å². The van der Waals surface area contributed by atoms with Gasteiger partial charge in [0.25, 0.3) is 0 Å². The van der Waals surface area contributed by atoms with Crippen LogP contribution in [0.5, 0.6) is 0 Å². The summed E-state index contributed by atoms with van der Waals surface area (Å²) in [5.41, 5.74) is 4.81. The van der Waals surface area contributed by atoms with Gasteiger partial charge in [-0.1, -0.05) is 12.1 Å². The van der Waals surface area contributed by atoms with Crippen molar-refractivity contribution in [3.63, 3.8) is 0 Å². The first kappa shape index (κ1) is 12.2. The highest BCUT2D eigenvalue weighted by Crippen LogP contribution is 2.23. The summed E-state index contributed by atoms with van der Waals surface area (Å²) < 4.78 is 0. The second-order valence-corrected chi connectivity index (χ2v) is 4.33. The summed E-state index contributed by atoms with van der Waals surface area (Å²) in [5.74, 6) is -1.28. The van der Waals surface area contributed by atoms with Crippen LogP contribution in [-0.2, 0) is 0 Å². The molecule has 0 saturated heterocycles. The van der Waals surface area contributed by atoms with E-state index in [0.717, 1.165) is 16.7 Å². The fraction of sp³-hybridized carbons (Fsp3) is 0.214. The van der Waals surface area contributed by atoms with E-state index in [1.54, 1.807) is 6.20 Å². The number of nitrogens with zero attached hydrogens (tertiary/aromatic N) is 2. The van der Waals surface area contributed by atoms with E-state index in [-0.39, 0.29) is 5.82 Å². The Hall–Kier alpha value is -2.23. The summed E-state index contributed by atoms with van der Waals surface area (Å²) in [4.78, 5) is 18.8. The van der Waals surface area contributed by atoms with Crippen molar-refractivity contribution in [3.8, 4) is 11.3 Å². The van der Waals surface area contributed by atoms with Gasteiger partial charge in [-0.3, -0.25) is 0 Å². The average molecular weight is 242 g/mol. The highest BCUT2D eigenvalue weighted by Gasteiger charge is 2.11. The standard InChI is InChI=1S/C14H14N2O2/c1-8-4-5-11(6-9(8)2)12-10(3)7-15-13(16-12)14(17)18/h4-7H,1-3H3,(H,17,18). The first-order valence-electron chi connectivity index (χ1n) is 5.63. The number of carboxylic acid groups (broad SMARTS) is 1. The van der Waals surface area contributed by atoms with E-state index in [2.05, 4.69) is 9.97 Å². The van der Waals surface area contributed by atoms with Gasteiger partial charge in [0.2, 0.25) is 5.82 Å². The van der Waals surface area contributed by atoms with E-state index in [1.807, 2.05) is 39.0 Å². The molecule has 1 aromatic carbocycles. The zero-order valence-electron chi connectivity index (χ0n) is 10.6. The molecule has 92 valence electrons. The largest absolute Gasteiger partial charge is 0.475 e. The lowest BCUT2D eigenvalue weighted by molar-refractivity contribution is 0.0683. The molecule has 0 bridgehead atoms. The van der Waals surface area contributed by atoms with Gasteiger partial charge >= 0.3 is 5.97 Å². The van der Waals surface area contributed by atoms with Crippen LogP contribution in [0.4, 0.5) is 0 Å². The van der Waals surface area contributed by atoms with Gasteiger partial charge in [-0.25, -0.2) is 14.8 Å². The van der Waals surface area contributed by atoms with E-state index in [1.165, 1.54) is 5.56 Å².